The van der Waals surface area contributed by atoms with Crippen molar-refractivity contribution in [1.29, 1.82) is 0 Å². The van der Waals surface area contributed by atoms with Gasteiger partial charge in [-0.2, -0.15) is 0 Å². The van der Waals surface area contributed by atoms with Gasteiger partial charge in [0, 0.05) is 82.6 Å². The van der Waals surface area contributed by atoms with E-state index in [0.29, 0.717) is 10.5 Å². The number of hydrogen-bond donors (Lipinski definition) is 1. The van der Waals surface area contributed by atoms with Gasteiger partial charge in [0.2, 0.25) is 0 Å². The van der Waals surface area contributed by atoms with Gasteiger partial charge < -0.3 is 4.80 Å². The van der Waals surface area contributed by atoms with E-state index in [2.05, 4.69) is 0 Å². The maximum atomic E-state index is 7.14. The van der Waals surface area contributed by atoms with Crippen LogP contribution in [0.2, 0.25) is 0 Å². The van der Waals surface area contributed by atoms with Crippen LogP contribution in [-0.4, -0.2) is 15.3 Å². The first-order chi connectivity index (χ1) is 1.00. The van der Waals surface area contributed by atoms with E-state index < -0.39 is 0 Å². The Balaban J connectivity index is -0.00000000167. The van der Waals surface area contributed by atoms with E-state index in [9.17, 15) is 0 Å². The normalized spacial score (nSPS) is 1.80. The standard InChI is InChI=1S/H4OSi.2Pr.Rf/c1-2;;;/h1H,2H3;;;. The Morgan fingerprint density at radius 1 is 1.00 bits per heavy atom. The molecule has 5 heteroatoms. The predicted molar refractivity (Wildman–Crippen MR) is 12.2 cm³/mol. The van der Waals surface area contributed by atoms with Crippen molar-refractivity contribution in [2.24, 2.45) is 0 Å². The Hall–Kier alpha value is 1.90. The van der Waals surface area contributed by atoms with Gasteiger partial charge in [0.15, 0.2) is 0 Å². The largest absolute Gasteiger partial charge is 0.442 e. The number of rotatable bonds is 0. The van der Waals surface area contributed by atoms with E-state index in [1.54, 1.807) is 0 Å². The van der Waals surface area contributed by atoms with E-state index in [4.69, 9.17) is 4.80 Å². The summed E-state index contributed by atoms with van der Waals surface area (Å²) < 4.78 is 0. The molecule has 0 atom stereocenters. The summed E-state index contributed by atoms with van der Waals surface area (Å²) in [5.74, 6) is 0. The van der Waals surface area contributed by atoms with Crippen molar-refractivity contribution in [3.63, 3.8) is 0 Å². The summed E-state index contributed by atoms with van der Waals surface area (Å²) in [6.45, 7) is 0. The van der Waals surface area contributed by atoms with Gasteiger partial charge in [-0.05, 0) is 0 Å². The molecule has 5 heavy (non-hydrogen) atoms. The van der Waals surface area contributed by atoms with Crippen molar-refractivity contribution in [3.8, 4) is 0 Å². The van der Waals surface area contributed by atoms with Crippen LogP contribution in [0.5, 0.6) is 0 Å². The molecule has 0 aromatic rings. The van der Waals surface area contributed by atoms with Crippen LogP contribution in [0, 0.1) is 82.6 Å². The molecule has 22 valence electrons. The summed E-state index contributed by atoms with van der Waals surface area (Å²) in [5.41, 5.74) is 0. The van der Waals surface area contributed by atoms with Crippen molar-refractivity contribution in [1.82, 2.24) is 0 Å². The first-order valence-electron chi connectivity index (χ1n) is 0.447. The molecule has 0 aliphatic rings. The molecule has 0 saturated carbocycles. The number of hydrogen-bond acceptors (Lipinski definition) is 1. The van der Waals surface area contributed by atoms with Crippen molar-refractivity contribution in [2.45, 2.75) is 0 Å². The van der Waals surface area contributed by atoms with E-state index in [-0.39, 0.29) is 82.6 Å². The molecule has 0 bridgehead atoms. The molecule has 2 radical (unpaired) electrons. The summed E-state index contributed by atoms with van der Waals surface area (Å²) in [7, 11) is 0.306. The van der Waals surface area contributed by atoms with Gasteiger partial charge in [-0.15, -0.1) is 0 Å². The van der Waals surface area contributed by atoms with E-state index >= 15 is 0 Å². The van der Waals surface area contributed by atoms with Gasteiger partial charge in [0.1, 0.15) is 10.5 Å². The van der Waals surface area contributed by atoms with Crippen LogP contribution in [0.15, 0.2) is 0 Å². The fraction of sp³-hybridized carbons (Fsp3) is 0. The minimum atomic E-state index is 0. The Kier molecular flexibility index (Phi) is 224. The smallest absolute Gasteiger partial charge is 0.141 e. The van der Waals surface area contributed by atoms with E-state index in [0.717, 1.165) is 0 Å². The van der Waals surface area contributed by atoms with Crippen LogP contribution in [0.25, 0.3) is 0 Å². The van der Waals surface area contributed by atoms with E-state index in [1.807, 2.05) is 0 Å². The van der Waals surface area contributed by atoms with Crippen molar-refractivity contribution < 1.29 is 87.4 Å². The average Bonchev–Trinajstić information content (AvgIpc) is 1.00. The molecule has 0 amide bonds. The third-order valence-corrected chi connectivity index (χ3v) is 0. The second-order valence-corrected chi connectivity index (χ2v) is 0. The molecule has 0 saturated heterocycles. The summed E-state index contributed by atoms with van der Waals surface area (Å²) >= 11 is 0. The SMILES string of the molecule is O[SiH3].[Pr].[Pr].[Rf]. The molecule has 0 aromatic heterocycles. The van der Waals surface area contributed by atoms with Gasteiger partial charge in [-0.25, -0.2) is 0 Å². The Bertz CT molecular complexity index is 9.61. The second kappa shape index (κ2) is 39.2. The Morgan fingerprint density at radius 2 is 1.00 bits per heavy atom. The van der Waals surface area contributed by atoms with Crippen LogP contribution < -0.4 is 0 Å². The molecule has 0 heterocycles. The molecule has 0 aliphatic heterocycles. The van der Waals surface area contributed by atoms with Gasteiger partial charge in [0.25, 0.3) is 0 Å². The minimum Gasteiger partial charge on any atom is -0.442 e. The molecule has 0 unspecified atom stereocenters. The molecule has 0 rings (SSSR count). The first-order valence-corrected chi connectivity index (χ1v) is 1.34. The first kappa shape index (κ1) is 28.5. The van der Waals surface area contributed by atoms with Crippen molar-refractivity contribution in [2.75, 3.05) is 0 Å². The topological polar surface area (TPSA) is 20.2 Å². The third kappa shape index (κ3) is 24.8. The fourth-order valence-corrected chi connectivity index (χ4v) is 0. The second-order valence-electron chi connectivity index (χ2n) is 0. The zero-order valence-electron chi connectivity index (χ0n) is 3.31. The van der Waals surface area contributed by atoms with Gasteiger partial charge in [-0.3, -0.25) is 0 Å². The zero-order valence-corrected chi connectivity index (χ0v) is 19.1. The van der Waals surface area contributed by atoms with Gasteiger partial charge in [-0.1, -0.05) is 0 Å². The monoisotopic (exact) mass is 597 g/mol. The van der Waals surface area contributed by atoms with Gasteiger partial charge in [0.05, 0.1) is 0 Å². The summed E-state index contributed by atoms with van der Waals surface area (Å²) in [6, 6.07) is 0. The molecule has 0 aliphatic carbocycles. The summed E-state index contributed by atoms with van der Waals surface area (Å²) in [6.07, 6.45) is 0. The molecule has 0 fully saturated rings. The molecular weight excluding hydrogens is 593 g/mol. The van der Waals surface area contributed by atoms with Crippen molar-refractivity contribution in [3.05, 3.63) is 0 Å². The average molecular weight is 597 g/mol. The fourth-order valence-electron chi connectivity index (χ4n) is 0. The van der Waals surface area contributed by atoms with Crippen molar-refractivity contribution >= 4 is 10.5 Å². The van der Waals surface area contributed by atoms with Crippen LogP contribution in [0.1, 0.15) is 0 Å². The molecule has 0 spiro atoms. The van der Waals surface area contributed by atoms with Crippen LogP contribution in [0.3, 0.4) is 0 Å². The molecule has 1 N–H and O–H groups in total. The molecule has 0 aromatic carbocycles. The Labute approximate surface area is 95.4 Å². The minimum absolute atomic E-state index is 0. The third-order valence-electron chi connectivity index (χ3n) is 0. The predicted octanol–water partition coefficient (Wildman–Crippen LogP) is -1.74. The summed E-state index contributed by atoms with van der Waals surface area (Å²) in [4.78, 5) is 7.14. The molecule has 1 nitrogen and oxygen atoms in total. The van der Waals surface area contributed by atoms with E-state index in [1.165, 1.54) is 0 Å². The maximum Gasteiger partial charge on any atom is 0.141 e. The quantitative estimate of drug-likeness (QED) is 0.330. The van der Waals surface area contributed by atoms with Crippen LogP contribution in [-0.2, 0) is 0 Å². The Morgan fingerprint density at radius 3 is 1.00 bits per heavy atom. The molecular formula is H4OPr2RfSi. The summed E-state index contributed by atoms with van der Waals surface area (Å²) in [5, 5.41) is 0. The zero-order chi connectivity index (χ0) is 2.00. The van der Waals surface area contributed by atoms with Crippen LogP contribution in [0.4, 0.5) is 0 Å². The van der Waals surface area contributed by atoms with Gasteiger partial charge >= 0.3 is 0 Å². The van der Waals surface area contributed by atoms with Crippen LogP contribution >= 0.6 is 0 Å². The maximum absolute atomic E-state index is 7.14.